The Morgan fingerprint density at radius 2 is 1.92 bits per heavy atom. The topological polar surface area (TPSA) is 53.8 Å². The first-order chi connectivity index (χ1) is 11.4. The van der Waals surface area contributed by atoms with E-state index in [1.165, 1.54) is 43.6 Å². The van der Waals surface area contributed by atoms with E-state index in [4.69, 9.17) is 5.41 Å². The number of rotatable bonds is 6. The van der Waals surface area contributed by atoms with Crippen LogP contribution >= 0.6 is 0 Å². The van der Waals surface area contributed by atoms with Crippen molar-refractivity contribution < 1.29 is 13.9 Å². The highest BCUT2D eigenvalue weighted by atomic mass is 19.1. The van der Waals surface area contributed by atoms with Gasteiger partial charge in [-0.2, -0.15) is 0 Å². The maximum absolute atomic E-state index is 13.4. The SMILES string of the molecule is CCN1CCCC1.CN(C=N)N(C)C[C@@H](O)c1ccc(F)cc1F. The van der Waals surface area contributed by atoms with Crippen molar-refractivity contribution in [1.82, 2.24) is 14.9 Å². The first kappa shape index (κ1) is 20.5. The molecule has 0 aliphatic carbocycles. The Kier molecular flexibility index (Phi) is 8.81. The second kappa shape index (κ2) is 10.3. The fraction of sp³-hybridized carbons (Fsp3) is 0.588. The van der Waals surface area contributed by atoms with Crippen LogP contribution in [0.4, 0.5) is 8.78 Å². The monoisotopic (exact) mass is 342 g/mol. The predicted molar refractivity (Wildman–Crippen MR) is 91.8 cm³/mol. The van der Waals surface area contributed by atoms with Crippen LogP contribution in [0, 0.1) is 17.0 Å². The maximum atomic E-state index is 13.4. The predicted octanol–water partition coefficient (Wildman–Crippen LogP) is 2.49. The molecule has 136 valence electrons. The van der Waals surface area contributed by atoms with Gasteiger partial charge in [-0.15, -0.1) is 0 Å². The molecule has 2 rings (SSSR count). The van der Waals surface area contributed by atoms with Gasteiger partial charge in [-0.05, 0) is 38.5 Å². The number of hydrazine groups is 1. The summed E-state index contributed by atoms with van der Waals surface area (Å²) < 4.78 is 26.0. The van der Waals surface area contributed by atoms with E-state index in [2.05, 4.69) is 11.8 Å². The third-order valence-electron chi connectivity index (χ3n) is 4.13. The van der Waals surface area contributed by atoms with E-state index in [1.807, 2.05) is 0 Å². The number of hydrogen-bond acceptors (Lipinski definition) is 4. The third-order valence-corrected chi connectivity index (χ3v) is 4.13. The molecule has 0 spiro atoms. The minimum Gasteiger partial charge on any atom is -0.387 e. The summed E-state index contributed by atoms with van der Waals surface area (Å²) in [6.07, 6.45) is 2.83. The van der Waals surface area contributed by atoms with E-state index in [-0.39, 0.29) is 12.1 Å². The smallest absolute Gasteiger partial charge is 0.131 e. The molecule has 0 saturated carbocycles. The third kappa shape index (κ3) is 6.51. The number of benzene rings is 1. The first-order valence-corrected chi connectivity index (χ1v) is 8.18. The molecule has 1 aliphatic heterocycles. The Morgan fingerprint density at radius 1 is 1.29 bits per heavy atom. The van der Waals surface area contributed by atoms with Crippen molar-refractivity contribution in [1.29, 1.82) is 5.41 Å². The molecule has 1 atom stereocenters. The maximum Gasteiger partial charge on any atom is 0.131 e. The highest BCUT2D eigenvalue weighted by Crippen LogP contribution is 2.18. The standard InChI is InChI=1S/C11H15F2N3O.C6H13N/c1-15(16(2)7-14)6-11(17)9-4-3-8(12)5-10(9)13;1-2-7-5-3-4-6-7/h3-5,7,11,14,17H,6H2,1-2H3;2-6H2,1H3/t11-;/m1./s1. The molecule has 1 aromatic carbocycles. The Bertz CT molecular complexity index is 509. The second-order valence-corrected chi connectivity index (χ2v) is 5.87. The van der Waals surface area contributed by atoms with Gasteiger partial charge in [-0.3, -0.25) is 10.4 Å². The zero-order valence-corrected chi connectivity index (χ0v) is 14.7. The molecule has 0 unspecified atom stereocenters. The van der Waals surface area contributed by atoms with Gasteiger partial charge in [0.1, 0.15) is 11.6 Å². The van der Waals surface area contributed by atoms with E-state index in [9.17, 15) is 13.9 Å². The van der Waals surface area contributed by atoms with Crippen LogP contribution in [0.1, 0.15) is 31.4 Å². The Balaban J connectivity index is 0.000000341. The van der Waals surface area contributed by atoms with E-state index >= 15 is 0 Å². The Labute approximate surface area is 143 Å². The molecule has 1 aliphatic rings. The quantitative estimate of drug-likeness (QED) is 0.474. The second-order valence-electron chi connectivity index (χ2n) is 5.87. The van der Waals surface area contributed by atoms with Crippen LogP contribution in [0.5, 0.6) is 0 Å². The van der Waals surface area contributed by atoms with Gasteiger partial charge in [0.15, 0.2) is 0 Å². The van der Waals surface area contributed by atoms with Gasteiger partial charge < -0.3 is 10.0 Å². The molecule has 2 N–H and O–H groups in total. The van der Waals surface area contributed by atoms with Crippen molar-refractivity contribution in [2.75, 3.05) is 40.3 Å². The summed E-state index contributed by atoms with van der Waals surface area (Å²) in [6, 6.07) is 3.05. The molecule has 0 radical (unpaired) electrons. The average molecular weight is 342 g/mol. The van der Waals surface area contributed by atoms with E-state index in [0.717, 1.165) is 18.5 Å². The van der Waals surface area contributed by atoms with Crippen molar-refractivity contribution in [2.24, 2.45) is 0 Å². The van der Waals surface area contributed by atoms with Gasteiger partial charge >= 0.3 is 0 Å². The van der Waals surface area contributed by atoms with Crippen molar-refractivity contribution in [3.05, 3.63) is 35.4 Å². The fourth-order valence-electron chi connectivity index (χ4n) is 2.45. The number of halogens is 2. The largest absolute Gasteiger partial charge is 0.387 e. The number of aliphatic hydroxyl groups excluding tert-OH is 1. The lowest BCUT2D eigenvalue weighted by atomic mass is 10.1. The lowest BCUT2D eigenvalue weighted by molar-refractivity contribution is 0.0397. The van der Waals surface area contributed by atoms with E-state index < -0.39 is 17.7 Å². The van der Waals surface area contributed by atoms with Gasteiger partial charge in [0.2, 0.25) is 0 Å². The molecular formula is C17H28F2N4O. The minimum atomic E-state index is -1.08. The Hall–Kier alpha value is -1.57. The summed E-state index contributed by atoms with van der Waals surface area (Å²) in [4.78, 5) is 2.49. The van der Waals surface area contributed by atoms with Crippen LogP contribution in [-0.4, -0.2) is 66.6 Å². The Morgan fingerprint density at radius 3 is 2.38 bits per heavy atom. The molecule has 1 saturated heterocycles. The van der Waals surface area contributed by atoms with Crippen LogP contribution < -0.4 is 0 Å². The van der Waals surface area contributed by atoms with Gasteiger partial charge in [-0.1, -0.05) is 13.0 Å². The van der Waals surface area contributed by atoms with Crippen molar-refractivity contribution in [3.8, 4) is 0 Å². The molecule has 0 aromatic heterocycles. The molecular weight excluding hydrogens is 314 g/mol. The summed E-state index contributed by atoms with van der Waals surface area (Å²) in [5.74, 6) is -1.45. The molecule has 1 heterocycles. The molecule has 5 nitrogen and oxygen atoms in total. The summed E-state index contributed by atoms with van der Waals surface area (Å²) in [7, 11) is 3.27. The molecule has 7 heteroatoms. The highest BCUT2D eigenvalue weighted by molar-refractivity contribution is 5.48. The number of nitrogens with zero attached hydrogens (tertiary/aromatic N) is 3. The number of aliphatic hydroxyl groups is 1. The average Bonchev–Trinajstić information content (AvgIpc) is 3.08. The van der Waals surface area contributed by atoms with Gasteiger partial charge in [0, 0.05) is 32.3 Å². The number of likely N-dealkylation sites (tertiary alicyclic amines) is 1. The summed E-state index contributed by atoms with van der Waals surface area (Å²) in [5, 5.41) is 19.8. The van der Waals surface area contributed by atoms with Crippen LogP contribution in [0.25, 0.3) is 0 Å². The molecule has 24 heavy (non-hydrogen) atoms. The van der Waals surface area contributed by atoms with E-state index in [1.54, 1.807) is 19.1 Å². The van der Waals surface area contributed by atoms with Crippen LogP contribution in [0.15, 0.2) is 18.2 Å². The first-order valence-electron chi connectivity index (χ1n) is 8.18. The molecule has 0 amide bonds. The van der Waals surface area contributed by atoms with E-state index in [0.29, 0.717) is 0 Å². The molecule has 0 bridgehead atoms. The molecule has 1 aromatic rings. The van der Waals surface area contributed by atoms with Crippen LogP contribution in [-0.2, 0) is 0 Å². The normalized spacial score (nSPS) is 15.8. The van der Waals surface area contributed by atoms with Gasteiger partial charge in [-0.25, -0.2) is 13.8 Å². The van der Waals surface area contributed by atoms with Gasteiger partial charge in [0.25, 0.3) is 0 Å². The molecule has 1 fully saturated rings. The summed E-state index contributed by atoms with van der Waals surface area (Å²) >= 11 is 0. The number of likely N-dealkylation sites (N-methyl/N-ethyl adjacent to an activating group) is 1. The summed E-state index contributed by atoms with van der Waals surface area (Å²) in [5.41, 5.74) is 0.0385. The summed E-state index contributed by atoms with van der Waals surface area (Å²) in [6.45, 7) is 6.27. The minimum absolute atomic E-state index is 0.0385. The lowest BCUT2D eigenvalue weighted by Crippen LogP contribution is -2.38. The highest BCUT2D eigenvalue weighted by Gasteiger charge is 2.16. The zero-order chi connectivity index (χ0) is 18.1. The van der Waals surface area contributed by atoms with Crippen molar-refractivity contribution in [3.63, 3.8) is 0 Å². The number of hydrogen-bond donors (Lipinski definition) is 2. The van der Waals surface area contributed by atoms with Crippen molar-refractivity contribution >= 4 is 6.34 Å². The zero-order valence-electron chi connectivity index (χ0n) is 14.7. The number of nitrogens with one attached hydrogen (secondary N) is 1. The van der Waals surface area contributed by atoms with Gasteiger partial charge in [0.05, 0.1) is 12.4 Å². The van der Waals surface area contributed by atoms with Crippen molar-refractivity contribution in [2.45, 2.75) is 25.9 Å². The van der Waals surface area contributed by atoms with Crippen LogP contribution in [0.3, 0.4) is 0 Å². The fourth-order valence-corrected chi connectivity index (χ4v) is 2.45. The lowest BCUT2D eigenvalue weighted by Gasteiger charge is -2.27. The van der Waals surface area contributed by atoms with Crippen LogP contribution in [0.2, 0.25) is 0 Å².